The lowest BCUT2D eigenvalue weighted by Crippen LogP contribution is -2.36. The molecule has 2 heterocycles. The zero-order valence-corrected chi connectivity index (χ0v) is 15.8. The number of likely N-dealkylation sites (tertiary alicyclic amines) is 1. The number of nitrogens with zero attached hydrogens (tertiary/aromatic N) is 1. The third-order valence-electron chi connectivity index (χ3n) is 5.53. The van der Waals surface area contributed by atoms with Crippen molar-refractivity contribution in [2.75, 3.05) is 19.6 Å². The van der Waals surface area contributed by atoms with Crippen LogP contribution in [0.3, 0.4) is 0 Å². The van der Waals surface area contributed by atoms with Crippen LogP contribution >= 0.6 is 11.3 Å². The number of carbonyl (C=O) groups excluding carboxylic acids is 2. The zero-order valence-electron chi connectivity index (χ0n) is 15.0. The number of hydrogen-bond donors (Lipinski definition) is 1. The van der Waals surface area contributed by atoms with Gasteiger partial charge in [-0.3, -0.25) is 9.59 Å². The molecule has 136 valence electrons. The summed E-state index contributed by atoms with van der Waals surface area (Å²) in [6, 6.07) is 12.0. The van der Waals surface area contributed by atoms with Crippen molar-refractivity contribution in [2.24, 2.45) is 11.8 Å². The third-order valence-corrected chi connectivity index (χ3v) is 6.38. The van der Waals surface area contributed by atoms with Gasteiger partial charge in [-0.05, 0) is 48.3 Å². The summed E-state index contributed by atoms with van der Waals surface area (Å²) in [7, 11) is 0. The minimum absolute atomic E-state index is 0.0380. The molecule has 1 aromatic heterocycles. The minimum atomic E-state index is -0.182. The monoisotopic (exact) mass is 368 g/mol. The summed E-state index contributed by atoms with van der Waals surface area (Å²) in [6.07, 6.45) is 2.43. The van der Waals surface area contributed by atoms with Gasteiger partial charge in [0.2, 0.25) is 5.91 Å². The maximum Gasteiger partial charge on any atom is 0.263 e. The molecule has 1 aliphatic heterocycles. The minimum Gasteiger partial charge on any atom is -0.356 e. The molecule has 26 heavy (non-hydrogen) atoms. The molecule has 0 unspecified atom stereocenters. The largest absolute Gasteiger partial charge is 0.356 e. The molecule has 2 atom stereocenters. The molecule has 2 amide bonds. The fourth-order valence-corrected chi connectivity index (χ4v) is 4.50. The fraction of sp³-hybridized carbons (Fsp3) is 0.429. The molecule has 2 aliphatic rings. The molecule has 0 spiro atoms. The van der Waals surface area contributed by atoms with Gasteiger partial charge in [-0.1, -0.05) is 30.3 Å². The maximum atomic E-state index is 12.9. The van der Waals surface area contributed by atoms with Crippen LogP contribution in [0.25, 0.3) is 0 Å². The molecule has 5 heteroatoms. The summed E-state index contributed by atoms with van der Waals surface area (Å²) in [5.41, 5.74) is 2.36. The standard InChI is InChI=1S/C21H24N2O2S/c1-14-5-2-3-6-16(14)17-12-23(21(25)19-7-4-10-26-19)13-18(17)20(24)22-11-15-8-9-15/h2-7,10,15,17-18H,8-9,11-13H2,1H3,(H,22,24)/t17-,18-/m1/s1. The van der Waals surface area contributed by atoms with Crippen molar-refractivity contribution in [1.82, 2.24) is 10.2 Å². The normalized spacial score (nSPS) is 22.4. The summed E-state index contributed by atoms with van der Waals surface area (Å²) < 4.78 is 0. The molecule has 1 saturated carbocycles. The van der Waals surface area contributed by atoms with Crippen LogP contribution in [0.15, 0.2) is 41.8 Å². The van der Waals surface area contributed by atoms with E-state index in [-0.39, 0.29) is 23.7 Å². The highest BCUT2D eigenvalue weighted by molar-refractivity contribution is 7.12. The number of thiophene rings is 1. The highest BCUT2D eigenvalue weighted by atomic mass is 32.1. The Balaban J connectivity index is 1.56. The van der Waals surface area contributed by atoms with Crippen LogP contribution in [0.2, 0.25) is 0 Å². The second-order valence-corrected chi connectivity index (χ2v) is 8.39. The first-order valence-electron chi connectivity index (χ1n) is 9.29. The van der Waals surface area contributed by atoms with Crippen LogP contribution in [0.1, 0.15) is 39.6 Å². The van der Waals surface area contributed by atoms with E-state index in [4.69, 9.17) is 0 Å². The lowest BCUT2D eigenvalue weighted by molar-refractivity contribution is -0.125. The lowest BCUT2D eigenvalue weighted by atomic mass is 9.86. The summed E-state index contributed by atoms with van der Waals surface area (Å²) in [5, 5.41) is 5.04. The molecule has 4 rings (SSSR count). The van der Waals surface area contributed by atoms with Crippen molar-refractivity contribution in [3.63, 3.8) is 0 Å². The molecular weight excluding hydrogens is 344 g/mol. The van der Waals surface area contributed by atoms with Gasteiger partial charge >= 0.3 is 0 Å². The van der Waals surface area contributed by atoms with Gasteiger partial charge in [0.05, 0.1) is 10.8 Å². The Hall–Kier alpha value is -2.14. The molecule has 4 nitrogen and oxygen atoms in total. The predicted octanol–water partition coefficient (Wildman–Crippen LogP) is 3.44. The number of hydrogen-bond acceptors (Lipinski definition) is 3. The van der Waals surface area contributed by atoms with E-state index in [2.05, 4.69) is 24.4 Å². The molecule has 1 aliphatic carbocycles. The number of aryl methyl sites for hydroxylation is 1. The number of carbonyl (C=O) groups is 2. The number of nitrogens with one attached hydrogen (secondary N) is 1. The van der Waals surface area contributed by atoms with E-state index in [1.165, 1.54) is 35.3 Å². The first kappa shape index (κ1) is 17.3. The fourth-order valence-electron chi connectivity index (χ4n) is 3.81. The molecule has 1 saturated heterocycles. The molecule has 1 N–H and O–H groups in total. The zero-order chi connectivity index (χ0) is 18.1. The van der Waals surface area contributed by atoms with E-state index in [1.807, 2.05) is 34.5 Å². The Morgan fingerprint density at radius 2 is 1.96 bits per heavy atom. The van der Waals surface area contributed by atoms with Gasteiger partial charge in [0, 0.05) is 25.6 Å². The van der Waals surface area contributed by atoms with E-state index in [0.717, 1.165) is 11.4 Å². The number of rotatable bonds is 5. The highest BCUT2D eigenvalue weighted by Crippen LogP contribution is 2.36. The van der Waals surface area contributed by atoms with Gasteiger partial charge in [0.25, 0.3) is 5.91 Å². The van der Waals surface area contributed by atoms with E-state index < -0.39 is 0 Å². The smallest absolute Gasteiger partial charge is 0.263 e. The Kier molecular flexibility index (Phi) is 4.81. The lowest BCUT2D eigenvalue weighted by Gasteiger charge is -2.19. The van der Waals surface area contributed by atoms with Gasteiger partial charge in [0.1, 0.15) is 0 Å². The van der Waals surface area contributed by atoms with Crippen molar-refractivity contribution in [1.29, 1.82) is 0 Å². The molecule has 2 aromatic rings. The SMILES string of the molecule is Cc1ccccc1[C@H]1CN(C(=O)c2cccs2)C[C@H]1C(=O)NCC1CC1. The van der Waals surface area contributed by atoms with E-state index in [0.29, 0.717) is 19.0 Å². The van der Waals surface area contributed by atoms with Crippen molar-refractivity contribution in [2.45, 2.75) is 25.7 Å². The Morgan fingerprint density at radius 1 is 1.15 bits per heavy atom. The van der Waals surface area contributed by atoms with Crippen molar-refractivity contribution in [3.05, 3.63) is 57.8 Å². The van der Waals surface area contributed by atoms with Crippen LogP contribution in [0.5, 0.6) is 0 Å². The average molecular weight is 369 g/mol. The third kappa shape index (κ3) is 3.54. The molecular formula is C21H24N2O2S. The predicted molar refractivity (Wildman–Crippen MR) is 103 cm³/mol. The summed E-state index contributed by atoms with van der Waals surface area (Å²) in [4.78, 5) is 28.3. The van der Waals surface area contributed by atoms with Crippen LogP contribution in [0.4, 0.5) is 0 Å². The molecule has 2 fully saturated rings. The van der Waals surface area contributed by atoms with Gasteiger partial charge in [-0.25, -0.2) is 0 Å². The summed E-state index contributed by atoms with van der Waals surface area (Å²) in [6.45, 7) is 3.95. The Labute approximate surface area is 158 Å². The number of amides is 2. The molecule has 0 bridgehead atoms. The summed E-state index contributed by atoms with van der Waals surface area (Å²) in [5.74, 6) is 0.655. The van der Waals surface area contributed by atoms with Gasteiger partial charge in [-0.15, -0.1) is 11.3 Å². The van der Waals surface area contributed by atoms with Crippen molar-refractivity contribution >= 4 is 23.2 Å². The quantitative estimate of drug-likeness (QED) is 0.879. The highest BCUT2D eigenvalue weighted by Gasteiger charge is 2.41. The molecule has 1 aromatic carbocycles. The Bertz CT molecular complexity index is 798. The van der Waals surface area contributed by atoms with Crippen LogP contribution in [-0.2, 0) is 4.79 Å². The van der Waals surface area contributed by atoms with Crippen LogP contribution < -0.4 is 5.32 Å². The topological polar surface area (TPSA) is 49.4 Å². The van der Waals surface area contributed by atoms with Gasteiger partial charge in [-0.2, -0.15) is 0 Å². The first-order valence-corrected chi connectivity index (χ1v) is 10.2. The van der Waals surface area contributed by atoms with Crippen LogP contribution in [0, 0.1) is 18.8 Å². The van der Waals surface area contributed by atoms with Crippen LogP contribution in [-0.4, -0.2) is 36.3 Å². The van der Waals surface area contributed by atoms with Crippen molar-refractivity contribution in [3.8, 4) is 0 Å². The summed E-state index contributed by atoms with van der Waals surface area (Å²) >= 11 is 1.46. The second kappa shape index (κ2) is 7.23. The maximum absolute atomic E-state index is 12.9. The van der Waals surface area contributed by atoms with Gasteiger partial charge < -0.3 is 10.2 Å². The Morgan fingerprint density at radius 3 is 2.65 bits per heavy atom. The second-order valence-electron chi connectivity index (χ2n) is 7.45. The van der Waals surface area contributed by atoms with E-state index in [1.54, 1.807) is 0 Å². The van der Waals surface area contributed by atoms with Crippen molar-refractivity contribution < 1.29 is 9.59 Å². The van der Waals surface area contributed by atoms with Gasteiger partial charge in [0.15, 0.2) is 0 Å². The number of benzene rings is 1. The molecule has 0 radical (unpaired) electrons. The van der Waals surface area contributed by atoms with E-state index in [9.17, 15) is 9.59 Å². The average Bonchev–Trinajstić information content (AvgIpc) is 3.13. The van der Waals surface area contributed by atoms with E-state index >= 15 is 0 Å². The first-order chi connectivity index (χ1) is 12.6.